The summed E-state index contributed by atoms with van der Waals surface area (Å²) in [6.45, 7) is 9.46. The summed E-state index contributed by atoms with van der Waals surface area (Å²) >= 11 is 0. The van der Waals surface area contributed by atoms with E-state index in [-0.39, 0.29) is 0 Å². The van der Waals surface area contributed by atoms with Crippen LogP contribution in [0.3, 0.4) is 0 Å². The van der Waals surface area contributed by atoms with Crippen LogP contribution in [-0.2, 0) is 0 Å². The summed E-state index contributed by atoms with van der Waals surface area (Å²) < 4.78 is 0. The van der Waals surface area contributed by atoms with Crippen LogP contribution in [0.25, 0.3) is 0 Å². The molecule has 1 heterocycles. The Balaban J connectivity index is 1.93. The average molecular weight is 251 g/mol. The normalized spacial score (nSPS) is 18.3. The van der Waals surface area contributed by atoms with Gasteiger partial charge in [-0.1, -0.05) is 71.8 Å². The average Bonchev–Trinajstić information content (AvgIpc) is 2.34. The zero-order valence-electron chi connectivity index (χ0n) is 12.9. The van der Waals surface area contributed by atoms with Crippen molar-refractivity contribution in [1.82, 2.24) is 4.90 Å². The Bertz CT molecular complexity index is 230. The van der Waals surface area contributed by atoms with Gasteiger partial charge in [-0.2, -0.15) is 0 Å². The highest BCUT2D eigenvalue weighted by Gasteiger charge is 2.18. The fourth-order valence-electron chi connectivity index (χ4n) is 2.53. The van der Waals surface area contributed by atoms with Gasteiger partial charge in [-0.25, -0.2) is 0 Å². The smallest absolute Gasteiger partial charge is 0.0180 e. The van der Waals surface area contributed by atoms with Crippen LogP contribution >= 0.6 is 0 Å². The molecule has 0 spiro atoms. The van der Waals surface area contributed by atoms with Crippen molar-refractivity contribution >= 4 is 0 Å². The molecule has 0 atom stereocenters. The number of hydrogen-bond acceptors (Lipinski definition) is 1. The predicted octanol–water partition coefficient (Wildman–Crippen LogP) is 5.37. The first-order chi connectivity index (χ1) is 8.64. The molecule has 0 fully saturated rings. The van der Waals surface area contributed by atoms with E-state index in [4.69, 9.17) is 0 Å². The molecule has 0 aromatic carbocycles. The molecule has 1 aliphatic heterocycles. The zero-order valence-corrected chi connectivity index (χ0v) is 12.9. The zero-order chi connectivity index (χ0) is 13.3. The van der Waals surface area contributed by atoms with Gasteiger partial charge in [-0.05, 0) is 24.5 Å². The van der Waals surface area contributed by atoms with Crippen molar-refractivity contribution in [2.45, 2.75) is 78.6 Å². The Hall–Kier alpha value is -0.460. The van der Waals surface area contributed by atoms with E-state index in [1.54, 1.807) is 0 Å². The van der Waals surface area contributed by atoms with Crippen molar-refractivity contribution in [2.75, 3.05) is 13.1 Å². The monoisotopic (exact) mass is 251 g/mol. The van der Waals surface area contributed by atoms with Crippen LogP contribution in [0.15, 0.2) is 12.3 Å². The van der Waals surface area contributed by atoms with E-state index in [0.717, 1.165) is 0 Å². The van der Waals surface area contributed by atoms with Gasteiger partial charge in [0.1, 0.15) is 0 Å². The first kappa shape index (κ1) is 15.6. The molecule has 0 saturated carbocycles. The van der Waals surface area contributed by atoms with Crippen molar-refractivity contribution in [3.05, 3.63) is 12.3 Å². The molecule has 0 aromatic heterocycles. The molecule has 0 unspecified atom stereocenters. The van der Waals surface area contributed by atoms with Crippen LogP contribution in [0.1, 0.15) is 78.6 Å². The highest BCUT2D eigenvalue weighted by molar-refractivity contribution is 4.99. The second-order valence-electron chi connectivity index (χ2n) is 6.57. The van der Waals surface area contributed by atoms with Gasteiger partial charge in [0.05, 0.1) is 0 Å². The lowest BCUT2D eigenvalue weighted by atomic mass is 9.87. The number of rotatable bonds is 9. The van der Waals surface area contributed by atoms with Gasteiger partial charge in [-0.3, -0.25) is 0 Å². The SMILES string of the molecule is CCCCCCCCCCN1C=CC(C)(C)CC1. The third-order valence-electron chi connectivity index (χ3n) is 4.08. The van der Waals surface area contributed by atoms with E-state index in [2.05, 4.69) is 37.9 Å². The van der Waals surface area contributed by atoms with E-state index in [1.165, 1.54) is 70.9 Å². The maximum Gasteiger partial charge on any atom is 0.0180 e. The molecule has 1 nitrogen and oxygen atoms in total. The molecule has 0 amide bonds. The Morgan fingerprint density at radius 3 is 2.11 bits per heavy atom. The molecule has 0 radical (unpaired) electrons. The van der Waals surface area contributed by atoms with Crippen molar-refractivity contribution in [3.63, 3.8) is 0 Å². The Kier molecular flexibility index (Phi) is 7.46. The second-order valence-corrected chi connectivity index (χ2v) is 6.57. The molecule has 106 valence electrons. The first-order valence-corrected chi connectivity index (χ1v) is 8.07. The molecule has 18 heavy (non-hydrogen) atoms. The van der Waals surface area contributed by atoms with Crippen molar-refractivity contribution in [1.29, 1.82) is 0 Å². The van der Waals surface area contributed by atoms with Gasteiger partial charge in [0.25, 0.3) is 0 Å². The van der Waals surface area contributed by atoms with Gasteiger partial charge in [0.15, 0.2) is 0 Å². The van der Waals surface area contributed by atoms with E-state index in [9.17, 15) is 0 Å². The van der Waals surface area contributed by atoms with Gasteiger partial charge >= 0.3 is 0 Å². The fourth-order valence-corrected chi connectivity index (χ4v) is 2.53. The van der Waals surface area contributed by atoms with Crippen molar-refractivity contribution in [2.24, 2.45) is 5.41 Å². The van der Waals surface area contributed by atoms with Gasteiger partial charge in [0, 0.05) is 13.1 Å². The predicted molar refractivity (Wildman–Crippen MR) is 81.7 cm³/mol. The molecule has 1 rings (SSSR count). The minimum atomic E-state index is 0.426. The summed E-state index contributed by atoms with van der Waals surface area (Å²) in [5, 5.41) is 0. The van der Waals surface area contributed by atoms with Crippen LogP contribution < -0.4 is 0 Å². The van der Waals surface area contributed by atoms with Crippen molar-refractivity contribution in [3.8, 4) is 0 Å². The van der Waals surface area contributed by atoms with Crippen LogP contribution in [-0.4, -0.2) is 18.0 Å². The molecule has 1 heteroatoms. The molecule has 0 saturated heterocycles. The van der Waals surface area contributed by atoms with Gasteiger partial charge < -0.3 is 4.90 Å². The molecule has 0 bridgehead atoms. The third-order valence-corrected chi connectivity index (χ3v) is 4.08. The molecule has 0 aromatic rings. The maximum absolute atomic E-state index is 2.50. The highest BCUT2D eigenvalue weighted by Crippen LogP contribution is 2.26. The summed E-state index contributed by atoms with van der Waals surface area (Å²) in [7, 11) is 0. The van der Waals surface area contributed by atoms with E-state index < -0.39 is 0 Å². The number of nitrogens with zero attached hydrogens (tertiary/aromatic N) is 1. The van der Waals surface area contributed by atoms with Crippen LogP contribution in [0.5, 0.6) is 0 Å². The van der Waals surface area contributed by atoms with Crippen molar-refractivity contribution < 1.29 is 0 Å². The summed E-state index contributed by atoms with van der Waals surface area (Å²) in [5.41, 5.74) is 0.426. The van der Waals surface area contributed by atoms with E-state index in [0.29, 0.717) is 5.41 Å². The second kappa shape index (κ2) is 8.61. The Labute approximate surface area is 115 Å². The quantitative estimate of drug-likeness (QED) is 0.498. The van der Waals surface area contributed by atoms with Crippen LogP contribution in [0, 0.1) is 5.41 Å². The highest BCUT2D eigenvalue weighted by atomic mass is 15.1. The lowest BCUT2D eigenvalue weighted by Gasteiger charge is -2.32. The maximum atomic E-state index is 2.50. The lowest BCUT2D eigenvalue weighted by Crippen LogP contribution is -2.29. The van der Waals surface area contributed by atoms with Gasteiger partial charge in [0.2, 0.25) is 0 Å². The molecular formula is C17H33N. The fraction of sp³-hybridized carbons (Fsp3) is 0.882. The third kappa shape index (κ3) is 7.08. The summed E-state index contributed by atoms with van der Waals surface area (Å²) in [5.74, 6) is 0. The minimum Gasteiger partial charge on any atom is -0.378 e. The molecule has 0 N–H and O–H groups in total. The Morgan fingerprint density at radius 1 is 0.944 bits per heavy atom. The summed E-state index contributed by atoms with van der Waals surface area (Å²) in [6.07, 6.45) is 17.4. The molecule has 0 aliphatic carbocycles. The molecular weight excluding hydrogens is 218 g/mol. The van der Waals surface area contributed by atoms with Gasteiger partial charge in [-0.15, -0.1) is 0 Å². The lowest BCUT2D eigenvalue weighted by molar-refractivity contribution is 0.273. The number of allylic oxidation sites excluding steroid dienone is 1. The van der Waals surface area contributed by atoms with E-state index >= 15 is 0 Å². The minimum absolute atomic E-state index is 0.426. The summed E-state index contributed by atoms with van der Waals surface area (Å²) in [4.78, 5) is 2.50. The topological polar surface area (TPSA) is 3.24 Å². The summed E-state index contributed by atoms with van der Waals surface area (Å²) in [6, 6.07) is 0. The van der Waals surface area contributed by atoms with Crippen LogP contribution in [0.2, 0.25) is 0 Å². The number of hydrogen-bond donors (Lipinski definition) is 0. The van der Waals surface area contributed by atoms with E-state index in [1.807, 2.05) is 0 Å². The Morgan fingerprint density at radius 2 is 1.56 bits per heavy atom. The standard InChI is InChI=1S/C17H33N/c1-4-5-6-7-8-9-10-11-14-18-15-12-17(2,3)13-16-18/h12,15H,4-11,13-14,16H2,1-3H3. The number of unbranched alkanes of at least 4 members (excludes halogenated alkanes) is 7. The largest absolute Gasteiger partial charge is 0.378 e. The molecule has 1 aliphatic rings. The van der Waals surface area contributed by atoms with Crippen LogP contribution in [0.4, 0.5) is 0 Å². The first-order valence-electron chi connectivity index (χ1n) is 8.07.